The van der Waals surface area contributed by atoms with Gasteiger partial charge in [-0.2, -0.15) is 0 Å². The van der Waals surface area contributed by atoms with E-state index < -0.39 is 23.7 Å². The predicted octanol–water partition coefficient (Wildman–Crippen LogP) is 4.04. The third-order valence-electron chi connectivity index (χ3n) is 4.41. The molecule has 1 fully saturated rings. The van der Waals surface area contributed by atoms with Crippen LogP contribution in [0.2, 0.25) is 0 Å². The van der Waals surface area contributed by atoms with Gasteiger partial charge in [0.15, 0.2) is 10.9 Å². The number of aryl methyl sites for hydroxylation is 2. The molecule has 4 heterocycles. The molecule has 0 N–H and O–H groups in total. The van der Waals surface area contributed by atoms with Gasteiger partial charge >= 0.3 is 0 Å². The fourth-order valence-electron chi connectivity index (χ4n) is 3.02. The lowest BCUT2D eigenvalue weighted by molar-refractivity contribution is -0.135. The van der Waals surface area contributed by atoms with Crippen molar-refractivity contribution in [2.24, 2.45) is 5.92 Å². The van der Waals surface area contributed by atoms with E-state index in [0.29, 0.717) is 10.0 Å². The van der Waals surface area contributed by atoms with Gasteiger partial charge in [-0.25, -0.2) is 4.98 Å². The van der Waals surface area contributed by atoms with Crippen LogP contribution in [-0.2, 0) is 9.59 Å². The molecule has 0 spiro atoms. The van der Waals surface area contributed by atoms with E-state index in [1.807, 2.05) is 31.4 Å². The van der Waals surface area contributed by atoms with E-state index in [2.05, 4.69) is 4.98 Å². The van der Waals surface area contributed by atoms with E-state index in [9.17, 15) is 14.4 Å². The highest BCUT2D eigenvalue weighted by molar-refractivity contribution is 7.16. The van der Waals surface area contributed by atoms with E-state index in [4.69, 9.17) is 0 Å². The number of rotatable bonds is 4. The minimum absolute atomic E-state index is 0.302. The van der Waals surface area contributed by atoms with Crippen LogP contribution in [0.4, 0.5) is 5.13 Å². The Kier molecular flexibility index (Phi) is 4.34. The molecular weight excluding hydrogens is 388 g/mol. The van der Waals surface area contributed by atoms with Gasteiger partial charge in [0.1, 0.15) is 5.92 Å². The lowest BCUT2D eigenvalue weighted by Gasteiger charge is -2.23. The molecule has 1 amide bonds. The van der Waals surface area contributed by atoms with E-state index in [1.54, 1.807) is 17.5 Å². The zero-order valence-corrected chi connectivity index (χ0v) is 16.4. The Morgan fingerprint density at radius 3 is 2.42 bits per heavy atom. The Bertz CT molecular complexity index is 970. The summed E-state index contributed by atoms with van der Waals surface area (Å²) in [6, 6.07) is 6.53. The molecule has 0 aliphatic carbocycles. The van der Waals surface area contributed by atoms with Crippen molar-refractivity contribution in [3.05, 3.63) is 55.4 Å². The smallest absolute Gasteiger partial charge is 0.292 e. The van der Waals surface area contributed by atoms with Gasteiger partial charge < -0.3 is 0 Å². The van der Waals surface area contributed by atoms with Crippen LogP contribution in [0, 0.1) is 19.8 Å². The molecule has 1 aliphatic heterocycles. The standard InChI is InChI=1S/C18H14N2O3S3/c1-9-10(2)26-18(19-9)20-14(11-5-3-7-24-11)13(16(22)17(20)23)15(21)12-6-4-8-25-12/h3-8,13-14H,1-2H3. The average molecular weight is 403 g/mol. The number of amides is 1. The first-order valence-corrected chi connectivity index (χ1v) is 10.5. The molecule has 3 aromatic heterocycles. The van der Waals surface area contributed by atoms with Crippen molar-refractivity contribution < 1.29 is 14.4 Å². The molecule has 0 aromatic carbocycles. The predicted molar refractivity (Wildman–Crippen MR) is 103 cm³/mol. The maximum atomic E-state index is 13.0. The fourth-order valence-corrected chi connectivity index (χ4v) is 5.52. The van der Waals surface area contributed by atoms with Gasteiger partial charge in [-0.05, 0) is 36.7 Å². The zero-order chi connectivity index (χ0) is 18.4. The number of Topliss-reactive ketones (excluding diaryl/α,β-unsaturated/α-hetero) is 2. The minimum atomic E-state index is -1.04. The monoisotopic (exact) mass is 402 g/mol. The molecular formula is C18H14N2O3S3. The fraction of sp³-hybridized carbons (Fsp3) is 0.222. The highest BCUT2D eigenvalue weighted by Gasteiger charge is 2.53. The van der Waals surface area contributed by atoms with Crippen molar-refractivity contribution in [1.82, 2.24) is 4.98 Å². The Morgan fingerprint density at radius 2 is 1.85 bits per heavy atom. The highest BCUT2D eigenvalue weighted by Crippen LogP contribution is 2.44. The van der Waals surface area contributed by atoms with Crippen molar-refractivity contribution in [2.45, 2.75) is 19.9 Å². The summed E-state index contributed by atoms with van der Waals surface area (Å²) in [5.74, 6) is -2.66. The van der Waals surface area contributed by atoms with Crippen molar-refractivity contribution in [1.29, 1.82) is 0 Å². The number of carbonyl (C=O) groups excluding carboxylic acids is 3. The highest BCUT2D eigenvalue weighted by atomic mass is 32.1. The third-order valence-corrected chi connectivity index (χ3v) is 7.31. The molecule has 0 bridgehead atoms. The van der Waals surface area contributed by atoms with Gasteiger partial charge in [0.05, 0.1) is 16.6 Å². The van der Waals surface area contributed by atoms with Crippen LogP contribution in [0.1, 0.15) is 31.2 Å². The van der Waals surface area contributed by atoms with E-state index in [0.717, 1.165) is 15.4 Å². The Morgan fingerprint density at radius 1 is 1.12 bits per heavy atom. The molecule has 26 heavy (non-hydrogen) atoms. The largest absolute Gasteiger partial charge is 0.297 e. The molecule has 0 saturated carbocycles. The summed E-state index contributed by atoms with van der Waals surface area (Å²) >= 11 is 4.08. The van der Waals surface area contributed by atoms with Crippen LogP contribution < -0.4 is 4.90 Å². The number of carbonyl (C=O) groups is 3. The first kappa shape index (κ1) is 17.3. The maximum absolute atomic E-state index is 13.0. The number of nitrogens with zero attached hydrogens (tertiary/aromatic N) is 2. The van der Waals surface area contributed by atoms with Crippen LogP contribution >= 0.6 is 34.0 Å². The third kappa shape index (κ3) is 2.65. The van der Waals surface area contributed by atoms with Gasteiger partial charge in [0.2, 0.25) is 5.78 Å². The maximum Gasteiger partial charge on any atom is 0.297 e. The number of anilines is 1. The summed E-state index contributed by atoms with van der Waals surface area (Å²) in [7, 11) is 0. The molecule has 5 nitrogen and oxygen atoms in total. The molecule has 2 atom stereocenters. The van der Waals surface area contributed by atoms with Crippen molar-refractivity contribution in [3.8, 4) is 0 Å². The normalized spacial score (nSPS) is 20.2. The summed E-state index contributed by atoms with van der Waals surface area (Å²) in [6.45, 7) is 3.79. The molecule has 2 unspecified atom stereocenters. The number of aromatic nitrogens is 1. The summed E-state index contributed by atoms with van der Waals surface area (Å²) in [6.07, 6.45) is 0. The summed E-state index contributed by atoms with van der Waals surface area (Å²) in [4.78, 5) is 46.8. The van der Waals surface area contributed by atoms with Crippen molar-refractivity contribution >= 4 is 56.6 Å². The van der Waals surface area contributed by atoms with Crippen molar-refractivity contribution in [3.63, 3.8) is 0 Å². The topological polar surface area (TPSA) is 67.3 Å². The number of thiazole rings is 1. The number of ketones is 2. The van der Waals surface area contributed by atoms with E-state index >= 15 is 0 Å². The molecule has 3 aromatic rings. The quantitative estimate of drug-likeness (QED) is 0.375. The van der Waals surface area contributed by atoms with Crippen LogP contribution in [0.15, 0.2) is 35.0 Å². The van der Waals surface area contributed by atoms with Crippen LogP contribution in [-0.4, -0.2) is 22.5 Å². The molecule has 1 aliphatic rings. The van der Waals surface area contributed by atoms with Gasteiger partial charge in [0.25, 0.3) is 5.91 Å². The average Bonchev–Trinajstić information content (AvgIpc) is 3.38. The molecule has 8 heteroatoms. The minimum Gasteiger partial charge on any atom is -0.292 e. The van der Waals surface area contributed by atoms with E-state index in [1.165, 1.54) is 38.9 Å². The zero-order valence-electron chi connectivity index (χ0n) is 14.0. The van der Waals surface area contributed by atoms with Gasteiger partial charge in [0, 0.05) is 9.75 Å². The number of thiophene rings is 2. The van der Waals surface area contributed by atoms with Crippen LogP contribution in [0.5, 0.6) is 0 Å². The number of hydrogen-bond donors (Lipinski definition) is 0. The molecule has 4 rings (SSSR count). The Balaban J connectivity index is 1.85. The van der Waals surface area contributed by atoms with Crippen LogP contribution in [0.25, 0.3) is 0 Å². The molecule has 0 radical (unpaired) electrons. The lowest BCUT2D eigenvalue weighted by atomic mass is 9.92. The molecule has 1 saturated heterocycles. The Hall–Kier alpha value is -2.16. The van der Waals surface area contributed by atoms with Gasteiger partial charge in [-0.15, -0.1) is 34.0 Å². The lowest BCUT2D eigenvalue weighted by Crippen LogP contribution is -2.29. The van der Waals surface area contributed by atoms with Gasteiger partial charge in [-0.3, -0.25) is 19.3 Å². The number of hydrogen-bond acceptors (Lipinski definition) is 7. The SMILES string of the molecule is Cc1nc(N2C(=O)C(=O)C(C(=O)c3cccs3)C2c2cccs2)sc1C. The van der Waals surface area contributed by atoms with Crippen molar-refractivity contribution in [2.75, 3.05) is 4.90 Å². The summed E-state index contributed by atoms with van der Waals surface area (Å²) in [5, 5.41) is 4.14. The first-order valence-electron chi connectivity index (χ1n) is 7.91. The second-order valence-corrected chi connectivity index (χ2v) is 9.07. The van der Waals surface area contributed by atoms with E-state index in [-0.39, 0.29) is 5.78 Å². The second kappa shape index (κ2) is 6.53. The van der Waals surface area contributed by atoms with Crippen LogP contribution in [0.3, 0.4) is 0 Å². The molecule has 132 valence electrons. The second-order valence-electron chi connectivity index (χ2n) is 5.96. The Labute approximate surface area is 161 Å². The summed E-state index contributed by atoms with van der Waals surface area (Å²) in [5.41, 5.74) is 0.822. The summed E-state index contributed by atoms with van der Waals surface area (Å²) < 4.78 is 0. The first-order chi connectivity index (χ1) is 12.5. The van der Waals surface area contributed by atoms with Gasteiger partial charge in [-0.1, -0.05) is 12.1 Å².